The van der Waals surface area contributed by atoms with Gasteiger partial charge < -0.3 is 29.7 Å². The number of fused-ring (bicyclic) bond motifs is 2. The molecule has 0 aliphatic carbocycles. The van der Waals surface area contributed by atoms with Crippen molar-refractivity contribution in [2.45, 2.75) is 51.6 Å². The second kappa shape index (κ2) is 18.4. The zero-order chi connectivity index (χ0) is 43.5. The van der Waals surface area contributed by atoms with E-state index in [-0.39, 0.29) is 96.0 Å². The zero-order valence-electron chi connectivity index (χ0n) is 34.1. The number of hydrogen-bond donors (Lipinski definition) is 2. The number of nitrogens with zero attached hydrogens (tertiary/aromatic N) is 6. The van der Waals surface area contributed by atoms with Crippen LogP contribution in [0.5, 0.6) is 5.75 Å². The molecule has 3 fully saturated rings. The van der Waals surface area contributed by atoms with Crippen LogP contribution in [0.15, 0.2) is 48.8 Å². The van der Waals surface area contributed by atoms with Crippen LogP contribution in [0.2, 0.25) is 5.02 Å². The molecule has 5 amide bonds. The molecule has 4 aliphatic heterocycles. The van der Waals surface area contributed by atoms with Gasteiger partial charge in [-0.2, -0.15) is 0 Å². The van der Waals surface area contributed by atoms with E-state index in [1.165, 1.54) is 35.5 Å². The molecule has 4 aromatic rings. The maximum Gasteiger partial charge on any atom is 0.255 e. The average molecular weight is 867 g/mol. The lowest BCUT2D eigenvalue weighted by molar-refractivity contribution is -0.137. The van der Waals surface area contributed by atoms with Crippen LogP contribution in [-0.2, 0) is 25.7 Å². The summed E-state index contributed by atoms with van der Waals surface area (Å²) in [5, 5.41) is 5.74. The standard InChI is InChI=1S/C45H45ClF2N8O6/c1-2-37(58)54-18-20-55(21-19-54)43-30-23-32(46)39(41(48)42(30)50-26-51-43)40-33(47)7-4-8-35(40)62-22-15-49-24-38(59)53-16-13-27(14-17-53)9-10-28-5-3-6-29-31(28)25-56(45(29)61)34-11-12-36(57)52-44(34)60/h3-8,23,26-27,34,49H,2,11-22,24-25H2,1H3,(H,52,57,60). The summed E-state index contributed by atoms with van der Waals surface area (Å²) in [6.07, 6.45) is 3.51. The first-order valence-electron chi connectivity index (χ1n) is 20.9. The number of carbonyl (C=O) groups is 5. The van der Waals surface area contributed by atoms with E-state index in [1.807, 2.05) is 17.9 Å². The fourth-order valence-electron chi connectivity index (χ4n) is 8.55. The first kappa shape index (κ1) is 42.5. The van der Waals surface area contributed by atoms with E-state index < -0.39 is 23.6 Å². The fraction of sp³-hybridized carbons (Fsp3) is 0.400. The minimum Gasteiger partial charge on any atom is -0.492 e. The number of imide groups is 1. The number of amides is 5. The van der Waals surface area contributed by atoms with E-state index in [4.69, 9.17) is 16.3 Å². The van der Waals surface area contributed by atoms with Crippen molar-refractivity contribution >= 4 is 57.9 Å². The molecule has 0 spiro atoms. The number of anilines is 1. The highest BCUT2D eigenvalue weighted by Gasteiger charge is 2.40. The van der Waals surface area contributed by atoms with Crippen LogP contribution in [0.4, 0.5) is 14.6 Å². The first-order chi connectivity index (χ1) is 30.0. The van der Waals surface area contributed by atoms with Crippen LogP contribution < -0.4 is 20.3 Å². The van der Waals surface area contributed by atoms with E-state index in [1.54, 1.807) is 21.9 Å². The number of likely N-dealkylation sites (tertiary alicyclic amines) is 1. The molecule has 4 aliphatic rings. The van der Waals surface area contributed by atoms with Crippen molar-refractivity contribution in [3.05, 3.63) is 82.1 Å². The minimum atomic E-state index is -0.817. The van der Waals surface area contributed by atoms with E-state index in [9.17, 15) is 24.0 Å². The Labute approximate surface area is 361 Å². The summed E-state index contributed by atoms with van der Waals surface area (Å²) >= 11 is 6.71. The Hall–Kier alpha value is -6.18. The van der Waals surface area contributed by atoms with Crippen molar-refractivity contribution in [2.24, 2.45) is 5.92 Å². The average Bonchev–Trinajstić information content (AvgIpc) is 3.61. The van der Waals surface area contributed by atoms with Gasteiger partial charge in [0.05, 0.1) is 17.1 Å². The number of hydrogen-bond acceptors (Lipinski definition) is 10. The predicted octanol–water partition coefficient (Wildman–Crippen LogP) is 4.31. The molecule has 0 radical (unpaired) electrons. The number of aromatic nitrogens is 2. The topological polar surface area (TPSA) is 157 Å². The van der Waals surface area contributed by atoms with Gasteiger partial charge in [0.25, 0.3) is 5.91 Å². The number of benzene rings is 3. The third kappa shape index (κ3) is 8.64. The lowest BCUT2D eigenvalue weighted by Crippen LogP contribution is -2.52. The molecule has 0 bridgehead atoms. The molecule has 17 heteroatoms. The number of piperazine rings is 1. The van der Waals surface area contributed by atoms with Gasteiger partial charge in [0.15, 0.2) is 5.82 Å². The first-order valence-corrected chi connectivity index (χ1v) is 21.2. The Morgan fingerprint density at radius 2 is 1.71 bits per heavy atom. The van der Waals surface area contributed by atoms with Gasteiger partial charge in [0.1, 0.15) is 41.9 Å². The van der Waals surface area contributed by atoms with Crippen LogP contribution in [0.25, 0.3) is 22.0 Å². The quantitative estimate of drug-likeness (QED) is 0.134. The van der Waals surface area contributed by atoms with E-state index >= 15 is 8.78 Å². The van der Waals surface area contributed by atoms with Gasteiger partial charge in [0, 0.05) is 93.2 Å². The van der Waals surface area contributed by atoms with E-state index in [0.29, 0.717) is 75.3 Å². The molecular weight excluding hydrogens is 822 g/mol. The highest BCUT2D eigenvalue weighted by Crippen LogP contribution is 2.42. The van der Waals surface area contributed by atoms with Gasteiger partial charge in [-0.3, -0.25) is 29.3 Å². The Morgan fingerprint density at radius 1 is 0.952 bits per heavy atom. The SMILES string of the molecule is CCC(=O)N1CCN(c2ncnc3c(F)c(-c4c(F)cccc4OCCNCC(=O)N4CCC(C#Cc5cccc6c5CN(C5CCC(=O)NC5=O)C6=O)CC4)c(Cl)cc23)CC1. The van der Waals surface area contributed by atoms with E-state index in [2.05, 4.69) is 32.4 Å². The molecule has 322 valence electrons. The summed E-state index contributed by atoms with van der Waals surface area (Å²) < 4.78 is 37.8. The maximum absolute atomic E-state index is 16.4. The molecule has 14 nitrogen and oxygen atoms in total. The molecule has 3 aromatic carbocycles. The molecule has 2 N–H and O–H groups in total. The molecule has 5 heterocycles. The van der Waals surface area contributed by atoms with Crippen LogP contribution in [-0.4, -0.2) is 119 Å². The second-order valence-electron chi connectivity index (χ2n) is 15.7. The smallest absolute Gasteiger partial charge is 0.255 e. The molecule has 3 saturated heterocycles. The van der Waals surface area contributed by atoms with Crippen LogP contribution >= 0.6 is 11.6 Å². The normalized spacial score (nSPS) is 18.1. The Morgan fingerprint density at radius 3 is 2.47 bits per heavy atom. The highest BCUT2D eigenvalue weighted by atomic mass is 35.5. The van der Waals surface area contributed by atoms with Crippen molar-refractivity contribution in [1.29, 1.82) is 0 Å². The summed E-state index contributed by atoms with van der Waals surface area (Å²) in [6, 6.07) is 10.4. The van der Waals surface area contributed by atoms with E-state index in [0.717, 1.165) is 11.1 Å². The lowest BCUT2D eigenvalue weighted by Gasteiger charge is -2.35. The fourth-order valence-corrected chi connectivity index (χ4v) is 8.84. The van der Waals surface area contributed by atoms with Gasteiger partial charge >= 0.3 is 0 Å². The summed E-state index contributed by atoms with van der Waals surface area (Å²) in [7, 11) is 0. The van der Waals surface area contributed by atoms with Crippen molar-refractivity contribution in [1.82, 2.24) is 35.3 Å². The third-order valence-corrected chi connectivity index (χ3v) is 12.2. The Kier molecular flexibility index (Phi) is 12.6. The van der Waals surface area contributed by atoms with Crippen LogP contribution in [0.3, 0.4) is 0 Å². The molecule has 1 aromatic heterocycles. The van der Waals surface area contributed by atoms with Gasteiger partial charge in [-0.15, -0.1) is 0 Å². The van der Waals surface area contributed by atoms with Gasteiger partial charge in [-0.25, -0.2) is 18.7 Å². The number of nitrogens with one attached hydrogen (secondary N) is 2. The number of piperidine rings is 2. The number of rotatable bonds is 10. The lowest BCUT2D eigenvalue weighted by atomic mass is 9.96. The maximum atomic E-state index is 16.4. The number of carbonyl (C=O) groups excluding carboxylic acids is 5. The summed E-state index contributed by atoms with van der Waals surface area (Å²) in [6.45, 7) is 5.47. The van der Waals surface area contributed by atoms with Crippen molar-refractivity contribution in [3.8, 4) is 28.7 Å². The van der Waals surface area contributed by atoms with Gasteiger partial charge in [-0.1, -0.05) is 42.5 Å². The van der Waals surface area contributed by atoms with Gasteiger partial charge in [-0.05, 0) is 55.2 Å². The Balaban J connectivity index is 0.835. The number of halogens is 3. The highest BCUT2D eigenvalue weighted by molar-refractivity contribution is 6.34. The molecular formula is C45H45ClF2N8O6. The molecule has 0 saturated carbocycles. The van der Waals surface area contributed by atoms with Crippen molar-refractivity contribution in [2.75, 3.05) is 63.9 Å². The predicted molar refractivity (Wildman–Crippen MR) is 226 cm³/mol. The van der Waals surface area contributed by atoms with Crippen molar-refractivity contribution in [3.63, 3.8) is 0 Å². The summed E-state index contributed by atoms with van der Waals surface area (Å²) in [4.78, 5) is 78.2. The second-order valence-corrected chi connectivity index (χ2v) is 16.1. The summed E-state index contributed by atoms with van der Waals surface area (Å²) in [5.74, 6) is 4.58. The molecule has 8 rings (SSSR count). The van der Waals surface area contributed by atoms with Gasteiger partial charge in [0.2, 0.25) is 23.6 Å². The largest absolute Gasteiger partial charge is 0.492 e. The third-order valence-electron chi connectivity index (χ3n) is 11.9. The number of ether oxygens (including phenoxy) is 1. The molecule has 62 heavy (non-hydrogen) atoms. The Bertz CT molecular complexity index is 2510. The minimum absolute atomic E-state index is 0.0240. The molecule has 1 unspecified atom stereocenters. The van der Waals surface area contributed by atoms with Crippen molar-refractivity contribution < 1.29 is 37.5 Å². The van der Waals surface area contributed by atoms with Crippen LogP contribution in [0, 0.1) is 29.4 Å². The van der Waals surface area contributed by atoms with Crippen LogP contribution in [0.1, 0.15) is 60.5 Å². The zero-order valence-corrected chi connectivity index (χ0v) is 34.9. The summed E-state index contributed by atoms with van der Waals surface area (Å²) in [5.41, 5.74) is 1.65. The molecule has 1 atom stereocenters. The monoisotopic (exact) mass is 866 g/mol.